The van der Waals surface area contributed by atoms with E-state index >= 15 is 0 Å². The minimum Gasteiger partial charge on any atom is -0.493 e. The molecule has 0 unspecified atom stereocenters. The zero-order valence-electron chi connectivity index (χ0n) is 17.9. The van der Waals surface area contributed by atoms with Crippen LogP contribution in [0.3, 0.4) is 0 Å². The van der Waals surface area contributed by atoms with Crippen molar-refractivity contribution in [2.24, 2.45) is 4.36 Å². The first-order valence-corrected chi connectivity index (χ1v) is 11.2. The molecule has 0 aliphatic carbocycles. The number of aryl methyl sites for hydroxylation is 1. The average Bonchev–Trinajstić information content (AvgIpc) is 2.80. The van der Waals surface area contributed by atoms with E-state index < -0.39 is 6.03 Å². The fraction of sp³-hybridized carbons (Fsp3) is 0.250. The molecule has 0 aromatic heterocycles. The topological polar surface area (TPSA) is 74.8 Å². The van der Waals surface area contributed by atoms with Crippen LogP contribution in [0.1, 0.15) is 24.8 Å². The van der Waals surface area contributed by atoms with Crippen molar-refractivity contribution in [1.82, 2.24) is 5.32 Å². The Morgan fingerprint density at radius 1 is 1.00 bits per heavy atom. The maximum absolute atomic E-state index is 11.2. The summed E-state index contributed by atoms with van der Waals surface area (Å²) in [4.78, 5) is 11.2. The number of ether oxygens (including phenoxy) is 1. The van der Waals surface area contributed by atoms with Gasteiger partial charge < -0.3 is 20.7 Å². The number of hydrogen-bond donors (Lipinski definition) is 3. The predicted octanol–water partition coefficient (Wildman–Crippen LogP) is 5.95. The predicted molar refractivity (Wildman–Crippen MR) is 138 cm³/mol. The van der Waals surface area contributed by atoms with Gasteiger partial charge in [0.2, 0.25) is 0 Å². The van der Waals surface area contributed by atoms with E-state index in [9.17, 15) is 4.79 Å². The van der Waals surface area contributed by atoms with Crippen LogP contribution in [-0.2, 0) is 12.4 Å². The molecule has 32 heavy (non-hydrogen) atoms. The zero-order valence-corrected chi connectivity index (χ0v) is 19.5. The molecule has 2 amide bonds. The van der Waals surface area contributed by atoms with Gasteiger partial charge in [-0.2, -0.15) is 0 Å². The molecule has 0 aliphatic rings. The number of unbranched alkanes of at least 4 members (excludes halogenated alkanes) is 2. The molecule has 0 radical (unpaired) electrons. The molecule has 3 N–H and O–H groups in total. The molecule has 0 bridgehead atoms. The van der Waals surface area contributed by atoms with Gasteiger partial charge in [0.25, 0.3) is 0 Å². The number of rotatable bonds is 9. The van der Waals surface area contributed by atoms with Gasteiger partial charge in [-0.05, 0) is 73.6 Å². The normalized spacial score (nSPS) is 10.4. The number of urea groups is 1. The summed E-state index contributed by atoms with van der Waals surface area (Å²) in [6.07, 6.45) is 2.96. The summed E-state index contributed by atoms with van der Waals surface area (Å²) >= 11 is 9.80. The number of benzene rings is 3. The number of anilines is 2. The number of fused-ring (bicyclic) bond motifs is 1. The quantitative estimate of drug-likeness (QED) is 0.267. The van der Waals surface area contributed by atoms with Crippen LogP contribution >= 0.6 is 12.2 Å². The maximum Gasteiger partial charge on any atom is 0.356 e. The van der Waals surface area contributed by atoms with E-state index in [0.29, 0.717) is 17.4 Å². The Morgan fingerprint density at radius 2 is 1.81 bits per heavy atom. The highest BCUT2D eigenvalue weighted by Gasteiger charge is 2.05. The second kappa shape index (κ2) is 12.1. The summed E-state index contributed by atoms with van der Waals surface area (Å²) in [5.41, 5.74) is 2.60. The Kier molecular flexibility index (Phi) is 8.89. The van der Waals surface area contributed by atoms with Crippen LogP contribution in [0.15, 0.2) is 65.0 Å². The molecule has 0 atom stereocenters. The van der Waals surface area contributed by atoms with E-state index in [2.05, 4.69) is 50.9 Å². The Balaban J connectivity index is 1.32. The molecule has 0 saturated heterocycles. The third-order valence-corrected chi connectivity index (χ3v) is 5.32. The van der Waals surface area contributed by atoms with Crippen molar-refractivity contribution in [2.75, 3.05) is 23.8 Å². The van der Waals surface area contributed by atoms with E-state index in [-0.39, 0.29) is 0 Å². The van der Waals surface area contributed by atoms with Crippen molar-refractivity contribution in [2.45, 2.75) is 26.2 Å². The van der Waals surface area contributed by atoms with Crippen LogP contribution in [-0.4, -0.2) is 24.3 Å². The maximum atomic E-state index is 11.2. The van der Waals surface area contributed by atoms with Gasteiger partial charge in [-0.15, -0.1) is 4.36 Å². The molecule has 0 heterocycles. The number of carbonyl (C=O) groups is 1. The first-order valence-electron chi connectivity index (χ1n) is 10.5. The van der Waals surface area contributed by atoms with Gasteiger partial charge in [0.15, 0.2) is 5.11 Å². The van der Waals surface area contributed by atoms with Gasteiger partial charge in [0.1, 0.15) is 5.75 Å². The van der Waals surface area contributed by atoms with Gasteiger partial charge in [-0.1, -0.05) is 36.4 Å². The van der Waals surface area contributed by atoms with E-state index in [4.69, 9.17) is 17.0 Å². The zero-order chi connectivity index (χ0) is 22.8. The van der Waals surface area contributed by atoms with Crippen LogP contribution in [0.25, 0.3) is 10.8 Å². The summed E-state index contributed by atoms with van der Waals surface area (Å²) in [6, 6.07) is 19.3. The largest absolute Gasteiger partial charge is 0.493 e. The third kappa shape index (κ3) is 6.96. The van der Waals surface area contributed by atoms with Crippen LogP contribution < -0.4 is 20.7 Å². The molecule has 0 spiro atoms. The van der Waals surface area contributed by atoms with E-state index in [1.54, 1.807) is 6.07 Å². The molecule has 8 heteroatoms. The van der Waals surface area contributed by atoms with Crippen molar-refractivity contribution < 1.29 is 9.53 Å². The molecular weight excluding hydrogens is 440 g/mol. The van der Waals surface area contributed by atoms with E-state index in [1.807, 2.05) is 43.3 Å². The van der Waals surface area contributed by atoms with Gasteiger partial charge in [0.05, 0.1) is 6.61 Å². The van der Waals surface area contributed by atoms with Crippen LogP contribution in [0, 0.1) is 6.92 Å². The molecule has 3 rings (SSSR count). The first kappa shape index (κ1) is 23.6. The second-order valence-electron chi connectivity index (χ2n) is 7.32. The van der Waals surface area contributed by atoms with Gasteiger partial charge in [-0.25, -0.2) is 4.79 Å². The first-order chi connectivity index (χ1) is 15.6. The van der Waals surface area contributed by atoms with Gasteiger partial charge >= 0.3 is 6.03 Å². The van der Waals surface area contributed by atoms with Crippen molar-refractivity contribution in [3.05, 3.63) is 66.2 Å². The molecule has 3 aromatic carbocycles. The van der Waals surface area contributed by atoms with Crippen molar-refractivity contribution in [3.8, 4) is 5.75 Å². The van der Waals surface area contributed by atoms with Gasteiger partial charge in [0, 0.05) is 35.7 Å². The highest BCUT2D eigenvalue weighted by atomic mass is 32.1. The van der Waals surface area contributed by atoms with Crippen molar-refractivity contribution >= 4 is 57.9 Å². The van der Waals surface area contributed by atoms with Crippen LogP contribution in [0.4, 0.5) is 16.2 Å². The highest BCUT2D eigenvalue weighted by molar-refractivity contribution is 7.80. The molecule has 0 aliphatic heterocycles. The average molecular weight is 467 g/mol. The SMILES string of the molecule is Cc1cc(NC(=O)N=S)ccc1OCCCCCNC(=S)Nc1cccc2ccccc12. The minimum absolute atomic E-state index is 0.548. The fourth-order valence-corrected chi connectivity index (χ4v) is 3.58. The molecule has 0 fully saturated rings. The van der Waals surface area contributed by atoms with Crippen LogP contribution in [0.5, 0.6) is 5.75 Å². The van der Waals surface area contributed by atoms with Gasteiger partial charge in [-0.3, -0.25) is 0 Å². The molecule has 6 nitrogen and oxygen atoms in total. The lowest BCUT2D eigenvalue weighted by molar-refractivity contribution is 0.260. The molecule has 0 saturated carbocycles. The summed E-state index contributed by atoms with van der Waals surface area (Å²) in [5.74, 6) is 0.803. The van der Waals surface area contributed by atoms with Crippen molar-refractivity contribution in [3.63, 3.8) is 0 Å². The number of carbonyl (C=O) groups excluding carboxylic acids is 1. The Bertz CT molecular complexity index is 1100. The molecule has 166 valence electrons. The lowest BCUT2D eigenvalue weighted by Gasteiger charge is -2.13. The van der Waals surface area contributed by atoms with Crippen molar-refractivity contribution in [1.29, 1.82) is 0 Å². The summed E-state index contributed by atoms with van der Waals surface area (Å²) in [7, 11) is 0. The summed E-state index contributed by atoms with van der Waals surface area (Å²) < 4.78 is 9.00. The third-order valence-electron chi connectivity index (χ3n) is 4.91. The summed E-state index contributed by atoms with van der Waals surface area (Å²) in [5, 5.41) is 12.1. The minimum atomic E-state index is -0.548. The lowest BCUT2D eigenvalue weighted by Crippen LogP contribution is -2.29. The molecule has 3 aromatic rings. The second-order valence-corrected chi connectivity index (χ2v) is 7.91. The molecular formula is C24H26N4O2S2. The van der Waals surface area contributed by atoms with E-state index in [0.717, 1.165) is 48.2 Å². The fourth-order valence-electron chi connectivity index (χ4n) is 3.32. The number of amides is 2. The van der Waals surface area contributed by atoms with Crippen LogP contribution in [0.2, 0.25) is 0 Å². The lowest BCUT2D eigenvalue weighted by atomic mass is 10.1. The highest BCUT2D eigenvalue weighted by Crippen LogP contribution is 2.23. The Hall–Kier alpha value is -3.10. The number of hydrogen-bond acceptors (Lipinski definition) is 4. The number of nitrogens with zero attached hydrogens (tertiary/aromatic N) is 1. The smallest absolute Gasteiger partial charge is 0.356 e. The number of thiocarbonyl (C=S) groups is 1. The number of nitrogens with one attached hydrogen (secondary N) is 3. The van der Waals surface area contributed by atoms with E-state index in [1.165, 1.54) is 5.39 Å². The Morgan fingerprint density at radius 3 is 2.62 bits per heavy atom. The standard InChI is InChI=1S/C24H26N4O2S2/c1-17-16-19(26-23(29)28-32)12-13-22(17)30-15-6-2-5-14-25-24(31)27-21-11-7-9-18-8-3-4-10-20(18)21/h3-4,7-13,16H,2,5-6,14-15H2,1H3,(H,26,29)(H2,25,27,31). The Labute approximate surface area is 198 Å². The summed E-state index contributed by atoms with van der Waals surface area (Å²) in [6.45, 7) is 3.37. The monoisotopic (exact) mass is 466 g/mol.